The zero-order valence-corrected chi connectivity index (χ0v) is 21.1. The van der Waals surface area contributed by atoms with E-state index in [0.29, 0.717) is 26.1 Å². The first-order valence-electron chi connectivity index (χ1n) is 12.7. The molecule has 1 N–H and O–H groups in total. The van der Waals surface area contributed by atoms with Crippen LogP contribution in [-0.4, -0.2) is 71.8 Å². The Balaban J connectivity index is 1.35. The molecular formula is C28H34FN3O4. The van der Waals surface area contributed by atoms with Crippen LogP contribution in [-0.2, 0) is 20.7 Å². The molecule has 3 aliphatic heterocycles. The van der Waals surface area contributed by atoms with Gasteiger partial charge in [0, 0.05) is 25.7 Å². The van der Waals surface area contributed by atoms with Gasteiger partial charge in [0.2, 0.25) is 0 Å². The number of hydrogen-bond donors (Lipinski definition) is 1. The van der Waals surface area contributed by atoms with Crippen molar-refractivity contribution >= 4 is 12.0 Å². The molecule has 0 unspecified atom stereocenters. The van der Waals surface area contributed by atoms with Crippen LogP contribution in [0.3, 0.4) is 0 Å². The number of fused-ring (bicyclic) bond motifs is 2. The number of ether oxygens (including phenoxy) is 2. The first-order valence-corrected chi connectivity index (χ1v) is 12.7. The Labute approximate surface area is 211 Å². The van der Waals surface area contributed by atoms with E-state index >= 15 is 0 Å². The molecule has 0 aliphatic carbocycles. The van der Waals surface area contributed by atoms with Gasteiger partial charge in [0.15, 0.2) is 0 Å². The van der Waals surface area contributed by atoms with Crippen molar-refractivity contribution in [2.75, 3.05) is 26.2 Å². The molecule has 2 aromatic rings. The van der Waals surface area contributed by atoms with Crippen LogP contribution in [0.4, 0.5) is 9.18 Å². The fraction of sp³-hybridized carbons (Fsp3) is 0.500. The predicted octanol–water partition coefficient (Wildman–Crippen LogP) is 3.67. The average Bonchev–Trinajstić information content (AvgIpc) is 2.86. The van der Waals surface area contributed by atoms with E-state index in [2.05, 4.69) is 11.4 Å². The van der Waals surface area contributed by atoms with Crippen LogP contribution in [0, 0.1) is 5.82 Å². The van der Waals surface area contributed by atoms with Crippen molar-refractivity contribution in [3.63, 3.8) is 0 Å². The Hall–Kier alpha value is -2.97. The average molecular weight is 496 g/mol. The van der Waals surface area contributed by atoms with Crippen molar-refractivity contribution in [2.45, 2.75) is 63.4 Å². The van der Waals surface area contributed by atoms with E-state index in [1.54, 1.807) is 17.0 Å². The Kier molecular flexibility index (Phi) is 6.74. The molecule has 2 fully saturated rings. The summed E-state index contributed by atoms with van der Waals surface area (Å²) in [5.74, 6) is -0.381. The number of halogens is 1. The van der Waals surface area contributed by atoms with Crippen molar-refractivity contribution in [3.05, 3.63) is 71.0 Å². The number of carbonyl (C=O) groups excluding carboxylic acids is 2. The minimum Gasteiger partial charge on any atom is -0.444 e. The van der Waals surface area contributed by atoms with Crippen molar-refractivity contribution in [1.29, 1.82) is 0 Å². The number of amides is 2. The third-order valence-corrected chi connectivity index (χ3v) is 7.22. The number of nitrogens with zero attached hydrogens (tertiary/aromatic N) is 2. The molecular weight excluding hydrogens is 461 g/mol. The number of rotatable bonds is 2. The molecule has 0 aromatic heterocycles. The van der Waals surface area contributed by atoms with Crippen LogP contribution in [0.1, 0.15) is 49.9 Å². The molecule has 2 amide bonds. The number of carbonyl (C=O) groups is 2. The molecule has 192 valence electrons. The van der Waals surface area contributed by atoms with Gasteiger partial charge in [0.05, 0.1) is 18.7 Å². The second kappa shape index (κ2) is 9.82. The van der Waals surface area contributed by atoms with Crippen molar-refractivity contribution in [2.24, 2.45) is 0 Å². The minimum absolute atomic E-state index is 0.0599. The normalized spacial score (nSPS) is 26.1. The Morgan fingerprint density at radius 2 is 1.81 bits per heavy atom. The van der Waals surface area contributed by atoms with Gasteiger partial charge < -0.3 is 24.6 Å². The van der Waals surface area contributed by atoms with Gasteiger partial charge in [-0.2, -0.15) is 0 Å². The molecule has 0 spiro atoms. The third kappa shape index (κ3) is 4.97. The minimum atomic E-state index is -0.620. The first kappa shape index (κ1) is 24.7. The quantitative estimate of drug-likeness (QED) is 0.689. The van der Waals surface area contributed by atoms with Crippen LogP contribution < -0.4 is 5.32 Å². The topological polar surface area (TPSA) is 71.1 Å². The lowest BCUT2D eigenvalue weighted by molar-refractivity contribution is -0.154. The molecule has 0 saturated carbocycles. The van der Waals surface area contributed by atoms with Gasteiger partial charge in [-0.15, -0.1) is 0 Å². The molecule has 0 radical (unpaired) electrons. The summed E-state index contributed by atoms with van der Waals surface area (Å²) in [5.41, 5.74) is 2.55. The van der Waals surface area contributed by atoms with Gasteiger partial charge in [0.25, 0.3) is 5.91 Å². The van der Waals surface area contributed by atoms with Gasteiger partial charge in [-0.05, 0) is 62.4 Å². The molecule has 7 nitrogen and oxygen atoms in total. The summed E-state index contributed by atoms with van der Waals surface area (Å²) in [5, 5.41) is 3.48. The Morgan fingerprint density at radius 1 is 1.06 bits per heavy atom. The molecule has 2 aromatic carbocycles. The van der Waals surface area contributed by atoms with E-state index in [-0.39, 0.29) is 42.6 Å². The summed E-state index contributed by atoms with van der Waals surface area (Å²) in [7, 11) is 0. The fourth-order valence-corrected chi connectivity index (χ4v) is 5.56. The van der Waals surface area contributed by atoms with E-state index in [0.717, 1.165) is 17.5 Å². The summed E-state index contributed by atoms with van der Waals surface area (Å²) >= 11 is 0. The van der Waals surface area contributed by atoms with Crippen LogP contribution in [0.15, 0.2) is 48.5 Å². The summed E-state index contributed by atoms with van der Waals surface area (Å²) in [6.45, 7) is 7.55. The SMILES string of the molecule is CC(C)(C)OC(=O)N1CCN[C@H]2C[C@H](C(=O)N3CCc4ccccc4[C@@H]3c3ccc(F)cc3)OC[C@@H]21. The van der Waals surface area contributed by atoms with Crippen molar-refractivity contribution < 1.29 is 23.5 Å². The molecule has 0 bridgehead atoms. The highest BCUT2D eigenvalue weighted by Gasteiger charge is 2.45. The van der Waals surface area contributed by atoms with Gasteiger partial charge in [-0.3, -0.25) is 4.79 Å². The smallest absolute Gasteiger partial charge is 0.410 e. The van der Waals surface area contributed by atoms with Crippen LogP contribution in [0.25, 0.3) is 0 Å². The number of benzene rings is 2. The summed E-state index contributed by atoms with van der Waals surface area (Å²) < 4.78 is 25.4. The monoisotopic (exact) mass is 495 g/mol. The Morgan fingerprint density at radius 3 is 2.56 bits per heavy atom. The number of piperazine rings is 1. The number of nitrogens with one attached hydrogen (secondary N) is 1. The van der Waals surface area contributed by atoms with E-state index < -0.39 is 11.7 Å². The Bertz CT molecular complexity index is 1120. The lowest BCUT2D eigenvalue weighted by Crippen LogP contribution is -2.66. The third-order valence-electron chi connectivity index (χ3n) is 7.22. The number of hydrogen-bond acceptors (Lipinski definition) is 5. The lowest BCUT2D eigenvalue weighted by Gasteiger charge is -2.47. The van der Waals surface area contributed by atoms with Crippen molar-refractivity contribution in [1.82, 2.24) is 15.1 Å². The maximum absolute atomic E-state index is 13.9. The zero-order valence-electron chi connectivity index (χ0n) is 21.1. The molecule has 3 aliphatic rings. The molecule has 8 heteroatoms. The van der Waals surface area contributed by atoms with Crippen LogP contribution in [0.5, 0.6) is 0 Å². The second-order valence-corrected chi connectivity index (χ2v) is 10.8. The first-order chi connectivity index (χ1) is 17.2. The highest BCUT2D eigenvalue weighted by atomic mass is 19.1. The zero-order chi connectivity index (χ0) is 25.4. The molecule has 3 heterocycles. The van der Waals surface area contributed by atoms with Crippen molar-refractivity contribution in [3.8, 4) is 0 Å². The van der Waals surface area contributed by atoms with Gasteiger partial charge in [-0.25, -0.2) is 9.18 Å². The van der Waals surface area contributed by atoms with Gasteiger partial charge in [-0.1, -0.05) is 36.4 Å². The van der Waals surface area contributed by atoms with E-state index in [1.807, 2.05) is 43.9 Å². The van der Waals surface area contributed by atoms with Crippen LogP contribution in [0.2, 0.25) is 0 Å². The molecule has 2 saturated heterocycles. The highest BCUT2D eigenvalue weighted by molar-refractivity contribution is 5.82. The van der Waals surface area contributed by atoms with Crippen LogP contribution >= 0.6 is 0 Å². The maximum atomic E-state index is 13.9. The maximum Gasteiger partial charge on any atom is 0.410 e. The van der Waals surface area contributed by atoms with Gasteiger partial charge >= 0.3 is 6.09 Å². The largest absolute Gasteiger partial charge is 0.444 e. The van der Waals surface area contributed by atoms with E-state index in [4.69, 9.17) is 9.47 Å². The summed E-state index contributed by atoms with van der Waals surface area (Å²) in [6, 6.07) is 13.9. The molecule has 4 atom stereocenters. The summed E-state index contributed by atoms with van der Waals surface area (Å²) in [6.07, 6.45) is 0.252. The fourth-order valence-electron chi connectivity index (χ4n) is 5.56. The summed E-state index contributed by atoms with van der Waals surface area (Å²) in [4.78, 5) is 30.3. The molecule has 5 rings (SSSR count). The lowest BCUT2D eigenvalue weighted by atomic mass is 9.87. The standard InChI is InChI=1S/C28H34FN3O4/c1-28(2,3)36-27(34)31-15-13-30-22-16-24(35-17-23(22)31)26(33)32-14-12-18-6-4-5-7-21(18)25(32)19-8-10-20(29)11-9-19/h4-11,22-25,30H,12-17H2,1-3H3/t22-,23-,24+,25-/m0/s1. The highest BCUT2D eigenvalue weighted by Crippen LogP contribution is 2.37. The predicted molar refractivity (Wildman–Crippen MR) is 133 cm³/mol. The molecule has 36 heavy (non-hydrogen) atoms. The van der Waals surface area contributed by atoms with Gasteiger partial charge in [0.1, 0.15) is 17.5 Å². The van der Waals surface area contributed by atoms with E-state index in [1.165, 1.54) is 17.7 Å². The second-order valence-electron chi connectivity index (χ2n) is 10.8. The van der Waals surface area contributed by atoms with E-state index in [9.17, 15) is 14.0 Å².